The van der Waals surface area contributed by atoms with E-state index in [1.807, 2.05) is 12.1 Å². The molecule has 1 aliphatic carbocycles. The van der Waals surface area contributed by atoms with E-state index in [2.05, 4.69) is 16.7 Å². The topological polar surface area (TPSA) is 50.4 Å². The van der Waals surface area contributed by atoms with Crippen molar-refractivity contribution in [2.75, 3.05) is 18.5 Å². The van der Waals surface area contributed by atoms with Crippen molar-refractivity contribution in [1.82, 2.24) is 5.32 Å². The van der Waals surface area contributed by atoms with Crippen LogP contribution in [0.25, 0.3) is 0 Å². The molecule has 0 fully saturated rings. The molecule has 0 spiro atoms. The fourth-order valence-corrected chi connectivity index (χ4v) is 2.94. The third kappa shape index (κ3) is 4.04. The number of anilines is 1. The summed E-state index contributed by atoms with van der Waals surface area (Å²) in [7, 11) is 0. The molecule has 2 amide bonds. The molecule has 0 saturated heterocycles. The number of halogens is 1. The number of carbonyl (C=O) groups is 1. The lowest BCUT2D eigenvalue weighted by Crippen LogP contribution is -2.32. The number of nitrogens with one attached hydrogen (secondary N) is 2. The Kier molecular flexibility index (Phi) is 5.31. The van der Waals surface area contributed by atoms with Gasteiger partial charge in [0.25, 0.3) is 0 Å². The summed E-state index contributed by atoms with van der Waals surface area (Å²) in [5.74, 6) is 0.448. The molecule has 2 N–H and O–H groups in total. The van der Waals surface area contributed by atoms with Crippen molar-refractivity contribution in [2.45, 2.75) is 25.7 Å². The number of aryl methyl sites for hydroxylation is 1. The van der Waals surface area contributed by atoms with Crippen molar-refractivity contribution < 1.29 is 13.9 Å². The summed E-state index contributed by atoms with van der Waals surface area (Å²) in [4.78, 5) is 11.8. The minimum Gasteiger partial charge on any atom is -0.491 e. The first-order chi connectivity index (χ1) is 11.7. The number of fused-ring (bicyclic) bond motifs is 1. The Morgan fingerprint density at radius 2 is 1.92 bits per heavy atom. The summed E-state index contributed by atoms with van der Waals surface area (Å²) in [6.45, 7) is 0.727. The average Bonchev–Trinajstić information content (AvgIpc) is 2.61. The highest BCUT2D eigenvalue weighted by Crippen LogP contribution is 2.29. The van der Waals surface area contributed by atoms with E-state index >= 15 is 0 Å². The van der Waals surface area contributed by atoms with Crippen LogP contribution in [0.2, 0.25) is 0 Å². The fraction of sp³-hybridized carbons (Fsp3) is 0.316. The van der Waals surface area contributed by atoms with Gasteiger partial charge in [-0.3, -0.25) is 0 Å². The predicted octanol–water partition coefficient (Wildman–Crippen LogP) is 3.91. The maximum Gasteiger partial charge on any atom is 0.319 e. The molecule has 0 aromatic heterocycles. The van der Waals surface area contributed by atoms with E-state index in [9.17, 15) is 9.18 Å². The van der Waals surface area contributed by atoms with Gasteiger partial charge in [-0.15, -0.1) is 0 Å². The number of carbonyl (C=O) groups excluding carboxylic acids is 1. The Hall–Kier alpha value is -2.56. The first kappa shape index (κ1) is 16.3. The molecule has 0 radical (unpaired) electrons. The van der Waals surface area contributed by atoms with Gasteiger partial charge < -0.3 is 15.4 Å². The van der Waals surface area contributed by atoms with Gasteiger partial charge in [0.15, 0.2) is 0 Å². The first-order valence-corrected chi connectivity index (χ1v) is 8.27. The Bertz CT molecular complexity index is 718. The van der Waals surface area contributed by atoms with Gasteiger partial charge in [-0.25, -0.2) is 9.18 Å². The number of rotatable bonds is 5. The predicted molar refractivity (Wildman–Crippen MR) is 92.0 cm³/mol. The summed E-state index contributed by atoms with van der Waals surface area (Å²) in [5, 5.41) is 5.15. The van der Waals surface area contributed by atoms with Crippen molar-refractivity contribution in [3.63, 3.8) is 0 Å². The van der Waals surface area contributed by atoms with E-state index in [1.54, 1.807) is 12.1 Å². The lowest BCUT2D eigenvalue weighted by molar-refractivity contribution is 0.247. The van der Waals surface area contributed by atoms with Crippen LogP contribution in [0.15, 0.2) is 42.5 Å². The zero-order chi connectivity index (χ0) is 16.8. The number of urea groups is 1. The smallest absolute Gasteiger partial charge is 0.319 e. The summed E-state index contributed by atoms with van der Waals surface area (Å²) >= 11 is 0. The molecule has 0 heterocycles. The Balaban J connectivity index is 1.46. The summed E-state index contributed by atoms with van der Waals surface area (Å²) in [5.41, 5.74) is 2.82. The molecule has 24 heavy (non-hydrogen) atoms. The molecule has 5 heteroatoms. The van der Waals surface area contributed by atoms with Crippen LogP contribution >= 0.6 is 0 Å². The molecule has 0 bridgehead atoms. The maximum atomic E-state index is 13.5. The van der Waals surface area contributed by atoms with Gasteiger partial charge in [-0.05, 0) is 55.0 Å². The summed E-state index contributed by atoms with van der Waals surface area (Å²) < 4.78 is 19.3. The zero-order valence-corrected chi connectivity index (χ0v) is 13.5. The van der Waals surface area contributed by atoms with Gasteiger partial charge >= 0.3 is 6.03 Å². The SMILES string of the molecule is O=C(NCCOc1cccc2c1CCCC2)Nc1ccccc1F. The molecule has 2 aromatic rings. The van der Waals surface area contributed by atoms with Crippen LogP contribution in [0.3, 0.4) is 0 Å². The van der Waals surface area contributed by atoms with Crippen molar-refractivity contribution in [3.05, 3.63) is 59.4 Å². The van der Waals surface area contributed by atoms with E-state index in [-0.39, 0.29) is 5.69 Å². The second-order valence-corrected chi connectivity index (χ2v) is 5.81. The van der Waals surface area contributed by atoms with E-state index in [1.165, 1.54) is 36.1 Å². The van der Waals surface area contributed by atoms with Crippen LogP contribution < -0.4 is 15.4 Å². The second-order valence-electron chi connectivity index (χ2n) is 5.81. The van der Waals surface area contributed by atoms with Crippen LogP contribution in [0, 0.1) is 5.82 Å². The largest absolute Gasteiger partial charge is 0.491 e. The number of ether oxygens (including phenoxy) is 1. The molecule has 0 atom stereocenters. The molecule has 2 aromatic carbocycles. The monoisotopic (exact) mass is 328 g/mol. The number of hydrogen-bond donors (Lipinski definition) is 2. The van der Waals surface area contributed by atoms with E-state index in [0.717, 1.165) is 18.6 Å². The van der Waals surface area contributed by atoms with E-state index < -0.39 is 11.8 Å². The van der Waals surface area contributed by atoms with Crippen molar-refractivity contribution in [2.24, 2.45) is 0 Å². The Labute approximate surface area is 141 Å². The third-order valence-corrected chi connectivity index (χ3v) is 4.12. The maximum absolute atomic E-state index is 13.5. The van der Waals surface area contributed by atoms with Crippen LogP contribution in [0.4, 0.5) is 14.9 Å². The van der Waals surface area contributed by atoms with Gasteiger partial charge in [0.05, 0.1) is 12.2 Å². The van der Waals surface area contributed by atoms with Crippen LogP contribution in [0.5, 0.6) is 5.75 Å². The quantitative estimate of drug-likeness (QED) is 0.818. The minimum absolute atomic E-state index is 0.160. The van der Waals surface area contributed by atoms with Crippen molar-refractivity contribution in [1.29, 1.82) is 0 Å². The average molecular weight is 328 g/mol. The molecule has 0 aliphatic heterocycles. The highest BCUT2D eigenvalue weighted by atomic mass is 19.1. The molecule has 0 saturated carbocycles. The normalized spacial score (nSPS) is 13.0. The minimum atomic E-state index is -0.459. The second kappa shape index (κ2) is 7.81. The summed E-state index contributed by atoms with van der Waals surface area (Å²) in [6.07, 6.45) is 4.58. The molecular formula is C19H21FN2O2. The van der Waals surface area contributed by atoms with E-state index in [0.29, 0.717) is 13.2 Å². The third-order valence-electron chi connectivity index (χ3n) is 4.12. The lowest BCUT2D eigenvalue weighted by atomic mass is 9.91. The van der Waals surface area contributed by atoms with Crippen molar-refractivity contribution in [3.8, 4) is 5.75 Å². The van der Waals surface area contributed by atoms with Gasteiger partial charge in [0.2, 0.25) is 0 Å². The zero-order valence-electron chi connectivity index (χ0n) is 13.5. The molecule has 3 rings (SSSR count). The molecular weight excluding hydrogens is 307 g/mol. The standard InChI is InChI=1S/C19H21FN2O2/c20-16-9-3-4-10-17(16)22-19(23)21-12-13-24-18-11-5-7-14-6-1-2-8-15(14)18/h3-5,7,9-11H,1-2,6,8,12-13H2,(H2,21,22,23). The number of hydrogen-bond acceptors (Lipinski definition) is 2. The van der Waals surface area contributed by atoms with Gasteiger partial charge in [-0.1, -0.05) is 24.3 Å². The highest BCUT2D eigenvalue weighted by Gasteiger charge is 2.13. The van der Waals surface area contributed by atoms with Crippen molar-refractivity contribution >= 4 is 11.7 Å². The fourth-order valence-electron chi connectivity index (χ4n) is 2.94. The Morgan fingerprint density at radius 3 is 2.79 bits per heavy atom. The van der Waals surface area contributed by atoms with Gasteiger partial charge in [0, 0.05) is 0 Å². The van der Waals surface area contributed by atoms with Crippen LogP contribution in [-0.2, 0) is 12.8 Å². The van der Waals surface area contributed by atoms with Crippen LogP contribution in [0.1, 0.15) is 24.0 Å². The number of benzene rings is 2. The Morgan fingerprint density at radius 1 is 1.08 bits per heavy atom. The molecule has 0 unspecified atom stereocenters. The van der Waals surface area contributed by atoms with Crippen LogP contribution in [-0.4, -0.2) is 19.2 Å². The van der Waals surface area contributed by atoms with Gasteiger partial charge in [0.1, 0.15) is 18.2 Å². The van der Waals surface area contributed by atoms with Gasteiger partial charge in [-0.2, -0.15) is 0 Å². The molecule has 126 valence electrons. The molecule has 1 aliphatic rings. The van der Waals surface area contributed by atoms with E-state index in [4.69, 9.17) is 4.74 Å². The highest BCUT2D eigenvalue weighted by molar-refractivity contribution is 5.89. The number of amides is 2. The lowest BCUT2D eigenvalue weighted by Gasteiger charge is -2.19. The molecule has 4 nitrogen and oxygen atoms in total. The number of para-hydroxylation sites is 1. The first-order valence-electron chi connectivity index (χ1n) is 8.27. The summed E-state index contributed by atoms with van der Waals surface area (Å²) in [6, 6.07) is 11.8.